The van der Waals surface area contributed by atoms with Crippen LogP contribution in [0, 0.1) is 10.1 Å². The Morgan fingerprint density at radius 3 is 2.87 bits per heavy atom. The summed E-state index contributed by atoms with van der Waals surface area (Å²) in [6.07, 6.45) is 0. The van der Waals surface area contributed by atoms with Crippen LogP contribution in [0.1, 0.15) is 5.56 Å². The number of nitrogens with zero attached hydrogens (tertiary/aromatic N) is 1. The second-order valence-electron chi connectivity index (χ2n) is 2.84. The Bertz CT molecular complexity index is 381. The second-order valence-corrected chi connectivity index (χ2v) is 2.84. The third-order valence-electron chi connectivity index (χ3n) is 1.73. The number of non-ortho nitro benzene ring substituents is 1. The van der Waals surface area contributed by atoms with Crippen molar-refractivity contribution < 1.29 is 14.1 Å². The average Bonchev–Trinajstić information content (AvgIpc) is 2.26. The van der Waals surface area contributed by atoms with E-state index < -0.39 is 17.5 Å². The van der Waals surface area contributed by atoms with E-state index >= 15 is 0 Å². The quantitative estimate of drug-likeness (QED) is 0.601. The van der Waals surface area contributed by atoms with Crippen molar-refractivity contribution in [3.63, 3.8) is 0 Å². The fraction of sp³-hybridized carbons (Fsp3) is 0.222. The molecular weight excluding hydrogens is 203 g/mol. The van der Waals surface area contributed by atoms with Gasteiger partial charge in [0.25, 0.3) is 11.6 Å². The first-order valence-corrected chi connectivity index (χ1v) is 4.19. The van der Waals surface area contributed by atoms with Crippen molar-refractivity contribution in [1.29, 1.82) is 0 Å². The second kappa shape index (κ2) is 5.04. The van der Waals surface area contributed by atoms with E-state index in [0.717, 1.165) is 0 Å². The first-order chi connectivity index (χ1) is 7.13. The van der Waals surface area contributed by atoms with E-state index in [1.165, 1.54) is 18.2 Å². The van der Waals surface area contributed by atoms with Crippen molar-refractivity contribution in [2.24, 2.45) is 0 Å². The van der Waals surface area contributed by atoms with Gasteiger partial charge >= 0.3 is 0 Å². The van der Waals surface area contributed by atoms with Crippen molar-refractivity contribution >= 4 is 11.6 Å². The van der Waals surface area contributed by atoms with E-state index in [0.29, 0.717) is 5.56 Å². The summed E-state index contributed by atoms with van der Waals surface area (Å²) in [6.45, 7) is -1.00. The maximum absolute atomic E-state index is 11.8. The zero-order valence-corrected chi connectivity index (χ0v) is 7.77. The minimum absolute atomic E-state index is 0.0537. The van der Waals surface area contributed by atoms with Crippen molar-refractivity contribution in [3.05, 3.63) is 39.9 Å². The molecule has 80 valence electrons. The molecule has 1 amide bonds. The molecular formula is C9H9FN2O3. The van der Waals surface area contributed by atoms with Crippen LogP contribution >= 0.6 is 0 Å². The van der Waals surface area contributed by atoms with Gasteiger partial charge in [0.1, 0.15) is 0 Å². The van der Waals surface area contributed by atoms with Gasteiger partial charge in [0, 0.05) is 18.7 Å². The highest BCUT2D eigenvalue weighted by atomic mass is 19.1. The van der Waals surface area contributed by atoms with Crippen molar-refractivity contribution in [2.45, 2.75) is 6.54 Å². The molecule has 6 heteroatoms. The van der Waals surface area contributed by atoms with Gasteiger partial charge in [0.15, 0.2) is 6.67 Å². The Kier molecular flexibility index (Phi) is 3.73. The summed E-state index contributed by atoms with van der Waals surface area (Å²) in [5, 5.41) is 12.7. The molecule has 0 heterocycles. The number of nitro groups is 1. The number of nitrogens with one attached hydrogen (secondary N) is 1. The summed E-state index contributed by atoms with van der Waals surface area (Å²) >= 11 is 0. The van der Waals surface area contributed by atoms with Gasteiger partial charge < -0.3 is 5.32 Å². The highest BCUT2D eigenvalue weighted by molar-refractivity contribution is 5.76. The number of hydrogen-bond donors (Lipinski definition) is 1. The Balaban J connectivity index is 2.66. The first-order valence-electron chi connectivity index (χ1n) is 4.19. The number of carbonyl (C=O) groups excluding carboxylic acids is 1. The number of carbonyl (C=O) groups is 1. The lowest BCUT2D eigenvalue weighted by atomic mass is 10.2. The topological polar surface area (TPSA) is 72.2 Å². The molecule has 15 heavy (non-hydrogen) atoms. The smallest absolute Gasteiger partial charge is 0.269 e. The highest BCUT2D eigenvalue weighted by Gasteiger charge is 2.06. The number of alkyl halides is 1. The maximum Gasteiger partial charge on any atom is 0.269 e. The third-order valence-corrected chi connectivity index (χ3v) is 1.73. The molecule has 0 atom stereocenters. The van der Waals surface area contributed by atoms with Crippen molar-refractivity contribution in [3.8, 4) is 0 Å². The molecule has 0 bridgehead atoms. The minimum Gasteiger partial charge on any atom is -0.350 e. The Morgan fingerprint density at radius 1 is 1.53 bits per heavy atom. The standard InChI is InChI=1S/C9H9FN2O3/c10-5-9(13)11-6-7-2-1-3-8(4-7)12(14)15/h1-4H,5-6H2,(H,11,13). The van der Waals surface area contributed by atoms with E-state index in [2.05, 4.69) is 5.32 Å². The molecule has 0 aliphatic heterocycles. The first kappa shape index (κ1) is 11.1. The van der Waals surface area contributed by atoms with Gasteiger partial charge in [-0.3, -0.25) is 14.9 Å². The predicted molar refractivity (Wildman–Crippen MR) is 50.9 cm³/mol. The molecule has 0 aliphatic rings. The molecule has 1 N–H and O–H groups in total. The van der Waals surface area contributed by atoms with Crippen LogP contribution in [0.2, 0.25) is 0 Å². The molecule has 0 saturated heterocycles. The Labute approximate surface area is 85.1 Å². The average molecular weight is 212 g/mol. The molecule has 1 aromatic carbocycles. The van der Waals surface area contributed by atoms with Gasteiger partial charge in [0.2, 0.25) is 0 Å². The molecule has 0 saturated carbocycles. The third kappa shape index (κ3) is 3.34. The number of nitro benzene ring substituents is 1. The fourth-order valence-corrected chi connectivity index (χ4v) is 1.03. The number of halogens is 1. The van der Waals surface area contributed by atoms with Gasteiger partial charge in [-0.25, -0.2) is 4.39 Å². The van der Waals surface area contributed by atoms with E-state index in [1.54, 1.807) is 6.07 Å². The highest BCUT2D eigenvalue weighted by Crippen LogP contribution is 2.12. The largest absolute Gasteiger partial charge is 0.350 e. The summed E-state index contributed by atoms with van der Waals surface area (Å²) in [5.41, 5.74) is 0.507. The fourth-order valence-electron chi connectivity index (χ4n) is 1.03. The zero-order valence-electron chi connectivity index (χ0n) is 7.77. The molecule has 1 rings (SSSR count). The van der Waals surface area contributed by atoms with E-state index in [4.69, 9.17) is 0 Å². The van der Waals surface area contributed by atoms with Crippen LogP contribution in [0.3, 0.4) is 0 Å². The number of amides is 1. The monoisotopic (exact) mass is 212 g/mol. The molecule has 0 fully saturated rings. The van der Waals surface area contributed by atoms with Crippen LogP contribution in [0.5, 0.6) is 0 Å². The van der Waals surface area contributed by atoms with Gasteiger partial charge in [-0.15, -0.1) is 0 Å². The predicted octanol–water partition coefficient (Wildman–Crippen LogP) is 1.18. The van der Waals surface area contributed by atoms with E-state index in [1.807, 2.05) is 0 Å². The molecule has 1 aromatic rings. The minimum atomic E-state index is -1.09. The lowest BCUT2D eigenvalue weighted by molar-refractivity contribution is -0.384. The van der Waals surface area contributed by atoms with E-state index in [9.17, 15) is 19.3 Å². The number of rotatable bonds is 4. The molecule has 5 nitrogen and oxygen atoms in total. The van der Waals surface area contributed by atoms with Crippen molar-refractivity contribution in [2.75, 3.05) is 6.67 Å². The van der Waals surface area contributed by atoms with Crippen LogP contribution in [0.4, 0.5) is 10.1 Å². The molecule has 0 radical (unpaired) electrons. The normalized spacial score (nSPS) is 9.67. The molecule has 0 spiro atoms. The molecule has 0 unspecified atom stereocenters. The van der Waals surface area contributed by atoms with Crippen LogP contribution < -0.4 is 5.32 Å². The SMILES string of the molecule is O=C(CF)NCc1cccc([N+](=O)[O-])c1. The van der Waals surface area contributed by atoms with Crippen molar-refractivity contribution in [1.82, 2.24) is 5.32 Å². The molecule has 0 aliphatic carbocycles. The van der Waals surface area contributed by atoms with Crippen LogP contribution in [-0.4, -0.2) is 17.5 Å². The van der Waals surface area contributed by atoms with Gasteiger partial charge in [-0.05, 0) is 5.56 Å². The van der Waals surface area contributed by atoms with Crippen LogP contribution in [0.15, 0.2) is 24.3 Å². The van der Waals surface area contributed by atoms with Crippen LogP contribution in [-0.2, 0) is 11.3 Å². The maximum atomic E-state index is 11.8. The Hall–Kier alpha value is -1.98. The summed E-state index contributed by atoms with van der Waals surface area (Å²) < 4.78 is 11.8. The zero-order chi connectivity index (χ0) is 11.3. The summed E-state index contributed by atoms with van der Waals surface area (Å²) in [5.74, 6) is -0.735. The summed E-state index contributed by atoms with van der Waals surface area (Å²) in [6, 6.07) is 5.81. The van der Waals surface area contributed by atoms with Gasteiger partial charge in [-0.1, -0.05) is 12.1 Å². The van der Waals surface area contributed by atoms with Crippen LogP contribution in [0.25, 0.3) is 0 Å². The van der Waals surface area contributed by atoms with Gasteiger partial charge in [-0.2, -0.15) is 0 Å². The lowest BCUT2D eigenvalue weighted by Crippen LogP contribution is -2.23. The van der Waals surface area contributed by atoms with E-state index in [-0.39, 0.29) is 12.2 Å². The summed E-state index contributed by atoms with van der Waals surface area (Å²) in [4.78, 5) is 20.5. The molecule has 0 aromatic heterocycles. The number of hydrogen-bond acceptors (Lipinski definition) is 3. The van der Waals surface area contributed by atoms with Gasteiger partial charge in [0.05, 0.1) is 4.92 Å². The lowest BCUT2D eigenvalue weighted by Gasteiger charge is -2.02. The number of benzene rings is 1. The Morgan fingerprint density at radius 2 is 2.27 bits per heavy atom. The summed E-state index contributed by atoms with van der Waals surface area (Å²) in [7, 11) is 0.